The molecule has 0 saturated carbocycles. The zero-order valence-corrected chi connectivity index (χ0v) is 12.1. The predicted octanol–water partition coefficient (Wildman–Crippen LogP) is 3.69. The van der Waals surface area contributed by atoms with Crippen molar-refractivity contribution in [1.29, 1.82) is 0 Å². The van der Waals surface area contributed by atoms with Crippen molar-refractivity contribution in [3.05, 3.63) is 64.5 Å². The number of aryl methyl sites for hydroxylation is 2. The van der Waals surface area contributed by atoms with Gasteiger partial charge in [0.05, 0.1) is 7.11 Å². The lowest BCUT2D eigenvalue weighted by Gasteiger charge is -2.17. The van der Waals surface area contributed by atoms with Crippen molar-refractivity contribution < 1.29 is 9.13 Å². The van der Waals surface area contributed by atoms with Crippen LogP contribution < -0.4 is 10.5 Å². The normalized spacial score (nSPS) is 12.2. The second-order valence-electron chi connectivity index (χ2n) is 5.13. The lowest BCUT2D eigenvalue weighted by Crippen LogP contribution is -2.15. The fraction of sp³-hybridized carbons (Fsp3) is 0.294. The molecule has 0 aromatic heterocycles. The minimum atomic E-state index is -0.294. The van der Waals surface area contributed by atoms with Gasteiger partial charge in [-0.15, -0.1) is 0 Å². The molecule has 0 radical (unpaired) electrons. The topological polar surface area (TPSA) is 35.2 Å². The molecule has 2 rings (SSSR count). The van der Waals surface area contributed by atoms with E-state index in [1.165, 1.54) is 28.8 Å². The van der Waals surface area contributed by atoms with Crippen molar-refractivity contribution in [2.24, 2.45) is 5.73 Å². The molecule has 106 valence electrons. The molecule has 1 atom stereocenters. The number of benzene rings is 2. The highest BCUT2D eigenvalue weighted by Gasteiger charge is 2.14. The van der Waals surface area contributed by atoms with E-state index in [0.29, 0.717) is 17.7 Å². The summed E-state index contributed by atoms with van der Waals surface area (Å²) in [4.78, 5) is 0. The number of ether oxygens (including phenoxy) is 1. The van der Waals surface area contributed by atoms with E-state index >= 15 is 0 Å². The summed E-state index contributed by atoms with van der Waals surface area (Å²) in [6, 6.07) is 10.4. The molecule has 0 aliphatic heterocycles. The van der Waals surface area contributed by atoms with Gasteiger partial charge in [-0.25, -0.2) is 4.39 Å². The third-order valence-electron chi connectivity index (χ3n) is 3.54. The van der Waals surface area contributed by atoms with Crippen LogP contribution in [0.15, 0.2) is 36.4 Å². The average Bonchev–Trinajstić information content (AvgIpc) is 2.42. The van der Waals surface area contributed by atoms with Gasteiger partial charge in [-0.2, -0.15) is 0 Å². The van der Waals surface area contributed by atoms with Crippen LogP contribution in [0.3, 0.4) is 0 Å². The molecule has 20 heavy (non-hydrogen) atoms. The first-order chi connectivity index (χ1) is 9.51. The highest BCUT2D eigenvalue weighted by atomic mass is 19.1. The Hall–Kier alpha value is -1.87. The highest BCUT2D eigenvalue weighted by molar-refractivity contribution is 5.39. The fourth-order valence-electron chi connectivity index (χ4n) is 2.36. The monoisotopic (exact) mass is 273 g/mol. The number of hydrogen-bond acceptors (Lipinski definition) is 2. The lowest BCUT2D eigenvalue weighted by molar-refractivity contribution is 0.404. The number of rotatable bonds is 4. The lowest BCUT2D eigenvalue weighted by atomic mass is 9.95. The van der Waals surface area contributed by atoms with Gasteiger partial charge in [-0.3, -0.25) is 0 Å². The molecule has 0 aliphatic carbocycles. The second kappa shape index (κ2) is 6.06. The van der Waals surface area contributed by atoms with Gasteiger partial charge < -0.3 is 10.5 Å². The van der Waals surface area contributed by atoms with E-state index in [-0.39, 0.29) is 11.9 Å². The van der Waals surface area contributed by atoms with E-state index in [0.717, 1.165) is 0 Å². The van der Waals surface area contributed by atoms with Gasteiger partial charge in [0.2, 0.25) is 0 Å². The first kappa shape index (κ1) is 14.5. The van der Waals surface area contributed by atoms with E-state index in [1.807, 2.05) is 0 Å². The Morgan fingerprint density at radius 1 is 1.15 bits per heavy atom. The van der Waals surface area contributed by atoms with Crippen LogP contribution >= 0.6 is 0 Å². The summed E-state index contributed by atoms with van der Waals surface area (Å²) in [5, 5.41) is 0. The quantitative estimate of drug-likeness (QED) is 0.922. The van der Waals surface area contributed by atoms with Gasteiger partial charge in [0, 0.05) is 11.6 Å². The Kier molecular flexibility index (Phi) is 4.40. The Labute approximate surface area is 119 Å². The van der Waals surface area contributed by atoms with Crippen LogP contribution in [0, 0.1) is 19.7 Å². The molecule has 0 bridgehead atoms. The van der Waals surface area contributed by atoms with Crippen molar-refractivity contribution in [3.8, 4) is 5.75 Å². The van der Waals surface area contributed by atoms with Crippen molar-refractivity contribution in [2.45, 2.75) is 26.3 Å². The van der Waals surface area contributed by atoms with Crippen molar-refractivity contribution in [2.75, 3.05) is 7.11 Å². The summed E-state index contributed by atoms with van der Waals surface area (Å²) < 4.78 is 18.7. The number of methoxy groups -OCH3 is 1. The van der Waals surface area contributed by atoms with E-state index < -0.39 is 0 Å². The Morgan fingerprint density at radius 3 is 2.60 bits per heavy atom. The summed E-state index contributed by atoms with van der Waals surface area (Å²) >= 11 is 0. The molecule has 0 aliphatic rings. The molecule has 2 aromatic rings. The summed E-state index contributed by atoms with van der Waals surface area (Å²) in [5.74, 6) is 0.335. The number of hydrogen-bond donors (Lipinski definition) is 1. The maximum Gasteiger partial charge on any atom is 0.123 e. The summed E-state index contributed by atoms with van der Waals surface area (Å²) in [6.45, 7) is 4.11. The molecular formula is C17H20FNO. The van der Waals surface area contributed by atoms with Crippen LogP contribution in [0.1, 0.15) is 28.3 Å². The second-order valence-corrected chi connectivity index (χ2v) is 5.13. The average molecular weight is 273 g/mol. The maximum absolute atomic E-state index is 13.4. The van der Waals surface area contributed by atoms with Gasteiger partial charge in [-0.05, 0) is 49.6 Å². The SMILES string of the molecule is COc1ccc(F)cc1C(N)Cc1cc(C)ccc1C. The van der Waals surface area contributed by atoms with Gasteiger partial charge in [0.15, 0.2) is 0 Å². The summed E-state index contributed by atoms with van der Waals surface area (Å²) in [5.41, 5.74) is 10.5. The van der Waals surface area contributed by atoms with E-state index in [1.54, 1.807) is 13.2 Å². The summed E-state index contributed by atoms with van der Waals surface area (Å²) in [6.07, 6.45) is 0.660. The zero-order valence-electron chi connectivity index (χ0n) is 12.1. The van der Waals surface area contributed by atoms with Gasteiger partial charge in [0.1, 0.15) is 11.6 Å². The Balaban J connectivity index is 2.30. The third-order valence-corrected chi connectivity index (χ3v) is 3.54. The van der Waals surface area contributed by atoms with Crippen LogP contribution in [0.2, 0.25) is 0 Å². The van der Waals surface area contributed by atoms with E-state index in [2.05, 4.69) is 32.0 Å². The molecule has 0 amide bonds. The molecule has 0 fully saturated rings. The largest absolute Gasteiger partial charge is 0.496 e. The highest BCUT2D eigenvalue weighted by Crippen LogP contribution is 2.27. The van der Waals surface area contributed by atoms with Gasteiger partial charge in [0.25, 0.3) is 0 Å². The summed E-state index contributed by atoms with van der Waals surface area (Å²) in [7, 11) is 1.57. The molecular weight excluding hydrogens is 253 g/mol. The Morgan fingerprint density at radius 2 is 1.90 bits per heavy atom. The zero-order chi connectivity index (χ0) is 14.7. The van der Waals surface area contributed by atoms with E-state index in [4.69, 9.17) is 10.5 Å². The molecule has 2 N–H and O–H groups in total. The minimum absolute atomic E-state index is 0.291. The third kappa shape index (κ3) is 3.17. The standard InChI is InChI=1S/C17H20FNO/c1-11-4-5-12(2)13(8-11)9-16(19)15-10-14(18)6-7-17(15)20-3/h4-8,10,16H,9,19H2,1-3H3. The maximum atomic E-state index is 13.4. The van der Waals surface area contributed by atoms with E-state index in [9.17, 15) is 4.39 Å². The predicted molar refractivity (Wildman–Crippen MR) is 79.5 cm³/mol. The number of nitrogens with two attached hydrogens (primary N) is 1. The first-order valence-electron chi connectivity index (χ1n) is 6.66. The van der Waals surface area contributed by atoms with Gasteiger partial charge >= 0.3 is 0 Å². The smallest absolute Gasteiger partial charge is 0.123 e. The molecule has 3 heteroatoms. The van der Waals surface area contributed by atoms with Crippen LogP contribution in [0.4, 0.5) is 4.39 Å². The molecule has 0 saturated heterocycles. The van der Waals surface area contributed by atoms with Gasteiger partial charge in [-0.1, -0.05) is 23.8 Å². The van der Waals surface area contributed by atoms with Crippen molar-refractivity contribution in [1.82, 2.24) is 0 Å². The molecule has 1 unspecified atom stereocenters. The number of halogens is 1. The fourth-order valence-corrected chi connectivity index (χ4v) is 2.36. The van der Waals surface area contributed by atoms with Crippen LogP contribution in [0.5, 0.6) is 5.75 Å². The molecule has 0 spiro atoms. The molecule has 0 heterocycles. The van der Waals surface area contributed by atoms with Crippen LogP contribution in [0.25, 0.3) is 0 Å². The van der Waals surface area contributed by atoms with Crippen molar-refractivity contribution in [3.63, 3.8) is 0 Å². The van der Waals surface area contributed by atoms with Crippen LogP contribution in [-0.4, -0.2) is 7.11 Å². The molecule has 2 nitrogen and oxygen atoms in total. The first-order valence-corrected chi connectivity index (χ1v) is 6.66. The van der Waals surface area contributed by atoms with Crippen LogP contribution in [-0.2, 0) is 6.42 Å². The molecule has 2 aromatic carbocycles. The van der Waals surface area contributed by atoms with Crippen molar-refractivity contribution >= 4 is 0 Å². The Bertz CT molecular complexity index is 610. The minimum Gasteiger partial charge on any atom is -0.496 e.